The Labute approximate surface area is 133 Å². The highest BCUT2D eigenvalue weighted by molar-refractivity contribution is 5.79. The average Bonchev–Trinajstić information content (AvgIpc) is 2.78. The molecule has 1 fully saturated rings. The van der Waals surface area contributed by atoms with Gasteiger partial charge in [-0.2, -0.15) is 13.2 Å². The summed E-state index contributed by atoms with van der Waals surface area (Å²) in [6.07, 6.45) is -4.36. The monoisotopic (exact) mass is 330 g/mol. The molecule has 1 N–H and O–H groups in total. The SMILES string of the molecule is CCO[C@@H]1CN(C)C[C@H]1NC(=O)Cc1ccc(C(F)(F)F)cc1. The fourth-order valence-corrected chi connectivity index (χ4v) is 2.74. The highest BCUT2D eigenvalue weighted by Gasteiger charge is 2.32. The molecule has 0 spiro atoms. The number of hydrogen-bond donors (Lipinski definition) is 1. The number of rotatable bonds is 5. The van der Waals surface area contributed by atoms with Crippen molar-refractivity contribution in [1.29, 1.82) is 0 Å². The lowest BCUT2D eigenvalue weighted by Crippen LogP contribution is -2.44. The summed E-state index contributed by atoms with van der Waals surface area (Å²) >= 11 is 0. The molecule has 0 saturated carbocycles. The van der Waals surface area contributed by atoms with E-state index in [1.807, 2.05) is 14.0 Å². The van der Waals surface area contributed by atoms with Crippen molar-refractivity contribution in [3.05, 3.63) is 35.4 Å². The van der Waals surface area contributed by atoms with E-state index in [-0.39, 0.29) is 24.5 Å². The van der Waals surface area contributed by atoms with Crippen LogP contribution in [-0.2, 0) is 22.1 Å². The van der Waals surface area contributed by atoms with Gasteiger partial charge in [0.05, 0.1) is 24.1 Å². The van der Waals surface area contributed by atoms with Gasteiger partial charge in [0.15, 0.2) is 0 Å². The van der Waals surface area contributed by atoms with Gasteiger partial charge >= 0.3 is 6.18 Å². The number of nitrogens with zero attached hydrogens (tertiary/aromatic N) is 1. The molecule has 2 rings (SSSR count). The minimum atomic E-state index is -4.36. The molecule has 128 valence electrons. The van der Waals surface area contributed by atoms with Crippen molar-refractivity contribution in [2.24, 2.45) is 0 Å². The number of benzene rings is 1. The van der Waals surface area contributed by atoms with Gasteiger partial charge in [-0.1, -0.05) is 12.1 Å². The van der Waals surface area contributed by atoms with Crippen molar-refractivity contribution in [2.75, 3.05) is 26.7 Å². The molecule has 1 aromatic carbocycles. The van der Waals surface area contributed by atoms with E-state index in [2.05, 4.69) is 10.2 Å². The van der Waals surface area contributed by atoms with Crippen LogP contribution in [0, 0.1) is 0 Å². The Morgan fingerprint density at radius 1 is 1.30 bits per heavy atom. The Morgan fingerprint density at radius 3 is 2.52 bits per heavy atom. The molecule has 1 aliphatic heterocycles. The van der Waals surface area contributed by atoms with Crippen molar-refractivity contribution >= 4 is 5.91 Å². The lowest BCUT2D eigenvalue weighted by Gasteiger charge is -2.19. The van der Waals surface area contributed by atoms with Crippen LogP contribution in [-0.4, -0.2) is 49.7 Å². The first-order valence-corrected chi connectivity index (χ1v) is 7.55. The summed E-state index contributed by atoms with van der Waals surface area (Å²) in [6, 6.07) is 4.57. The van der Waals surface area contributed by atoms with Gasteiger partial charge in [0.1, 0.15) is 0 Å². The predicted molar refractivity (Wildman–Crippen MR) is 80.0 cm³/mol. The number of carbonyl (C=O) groups is 1. The number of carbonyl (C=O) groups excluding carboxylic acids is 1. The molecule has 0 aromatic heterocycles. The molecule has 2 atom stereocenters. The highest BCUT2D eigenvalue weighted by Crippen LogP contribution is 2.29. The van der Waals surface area contributed by atoms with E-state index in [0.717, 1.165) is 18.7 Å². The smallest absolute Gasteiger partial charge is 0.375 e. The molecule has 1 heterocycles. The van der Waals surface area contributed by atoms with Crippen molar-refractivity contribution in [1.82, 2.24) is 10.2 Å². The molecule has 23 heavy (non-hydrogen) atoms. The van der Waals surface area contributed by atoms with Crippen molar-refractivity contribution in [2.45, 2.75) is 31.7 Å². The predicted octanol–water partition coefficient (Wildman–Crippen LogP) is 2.08. The van der Waals surface area contributed by atoms with E-state index < -0.39 is 11.7 Å². The first-order valence-electron chi connectivity index (χ1n) is 7.55. The van der Waals surface area contributed by atoms with Crippen LogP contribution >= 0.6 is 0 Å². The van der Waals surface area contributed by atoms with E-state index in [1.54, 1.807) is 0 Å². The molecule has 7 heteroatoms. The van der Waals surface area contributed by atoms with Crippen LogP contribution in [0.2, 0.25) is 0 Å². The zero-order chi connectivity index (χ0) is 17.0. The van der Waals surface area contributed by atoms with Crippen molar-refractivity contribution in [3.8, 4) is 0 Å². The third-order valence-electron chi connectivity index (χ3n) is 3.82. The van der Waals surface area contributed by atoms with Gasteiger partial charge < -0.3 is 15.0 Å². The highest BCUT2D eigenvalue weighted by atomic mass is 19.4. The normalized spacial score (nSPS) is 22.3. The number of alkyl halides is 3. The van der Waals surface area contributed by atoms with Crippen LogP contribution in [0.3, 0.4) is 0 Å². The van der Waals surface area contributed by atoms with E-state index in [0.29, 0.717) is 18.7 Å². The molecular formula is C16H21F3N2O2. The summed E-state index contributed by atoms with van der Waals surface area (Å²) in [6.45, 7) is 3.92. The van der Waals surface area contributed by atoms with Crippen molar-refractivity contribution < 1.29 is 22.7 Å². The summed E-state index contributed by atoms with van der Waals surface area (Å²) in [5.74, 6) is -0.213. The van der Waals surface area contributed by atoms with Crippen LogP contribution in [0.1, 0.15) is 18.1 Å². The van der Waals surface area contributed by atoms with E-state index >= 15 is 0 Å². The molecule has 1 aromatic rings. The van der Waals surface area contributed by atoms with Gasteiger partial charge in [-0.15, -0.1) is 0 Å². The zero-order valence-electron chi connectivity index (χ0n) is 13.2. The molecule has 1 amide bonds. The molecule has 0 aliphatic carbocycles. The third kappa shape index (κ3) is 4.94. The summed E-state index contributed by atoms with van der Waals surface area (Å²) in [5.41, 5.74) is -0.162. The van der Waals surface area contributed by atoms with Crippen LogP contribution in [0.15, 0.2) is 24.3 Å². The largest absolute Gasteiger partial charge is 0.416 e. The third-order valence-corrected chi connectivity index (χ3v) is 3.82. The fraction of sp³-hybridized carbons (Fsp3) is 0.562. The number of amides is 1. The maximum atomic E-state index is 12.5. The maximum absolute atomic E-state index is 12.5. The number of ether oxygens (including phenoxy) is 1. The van der Waals surface area contributed by atoms with Gasteiger partial charge in [0.25, 0.3) is 0 Å². The van der Waals surface area contributed by atoms with E-state index in [4.69, 9.17) is 4.74 Å². The number of halogens is 3. The first kappa shape index (κ1) is 17.7. The quantitative estimate of drug-likeness (QED) is 0.899. The summed E-state index contributed by atoms with van der Waals surface area (Å²) in [4.78, 5) is 14.2. The number of likely N-dealkylation sites (tertiary alicyclic amines) is 1. The van der Waals surface area contributed by atoms with Crippen LogP contribution < -0.4 is 5.32 Å². The second kappa shape index (κ2) is 7.31. The number of hydrogen-bond acceptors (Lipinski definition) is 3. The molecule has 1 saturated heterocycles. The number of likely N-dealkylation sites (N-methyl/N-ethyl adjacent to an activating group) is 1. The van der Waals surface area contributed by atoms with Gasteiger partial charge in [0, 0.05) is 19.7 Å². The zero-order valence-corrected chi connectivity index (χ0v) is 13.2. The topological polar surface area (TPSA) is 41.6 Å². The van der Waals surface area contributed by atoms with Crippen molar-refractivity contribution in [3.63, 3.8) is 0 Å². The Bertz CT molecular complexity index is 531. The lowest BCUT2D eigenvalue weighted by molar-refractivity contribution is -0.137. The minimum absolute atomic E-state index is 0.0528. The summed E-state index contributed by atoms with van der Waals surface area (Å²) in [7, 11) is 1.95. The second-order valence-corrected chi connectivity index (χ2v) is 5.76. The lowest BCUT2D eigenvalue weighted by atomic mass is 10.1. The average molecular weight is 330 g/mol. The molecular weight excluding hydrogens is 309 g/mol. The minimum Gasteiger partial charge on any atom is -0.375 e. The molecule has 0 bridgehead atoms. The summed E-state index contributed by atoms with van der Waals surface area (Å²) < 4.78 is 43.1. The Kier molecular flexibility index (Phi) is 5.64. The molecule has 0 unspecified atom stereocenters. The van der Waals surface area contributed by atoms with Gasteiger partial charge in [-0.3, -0.25) is 4.79 Å². The van der Waals surface area contributed by atoms with E-state index in [1.165, 1.54) is 12.1 Å². The number of nitrogens with one attached hydrogen (secondary N) is 1. The van der Waals surface area contributed by atoms with Crippen LogP contribution in [0.25, 0.3) is 0 Å². The molecule has 1 aliphatic rings. The second-order valence-electron chi connectivity index (χ2n) is 5.76. The van der Waals surface area contributed by atoms with Crippen LogP contribution in [0.4, 0.5) is 13.2 Å². The molecule has 0 radical (unpaired) electrons. The molecule has 4 nitrogen and oxygen atoms in total. The Balaban J connectivity index is 1.91. The van der Waals surface area contributed by atoms with E-state index in [9.17, 15) is 18.0 Å². The van der Waals surface area contributed by atoms with Gasteiger partial charge in [0.2, 0.25) is 5.91 Å². The van der Waals surface area contributed by atoms with Crippen LogP contribution in [0.5, 0.6) is 0 Å². The standard InChI is InChI=1S/C16H21F3N2O2/c1-3-23-14-10-21(2)9-13(14)20-15(22)8-11-4-6-12(7-5-11)16(17,18)19/h4-7,13-14H,3,8-10H2,1-2H3,(H,20,22)/t13-,14-/m1/s1. The van der Waals surface area contributed by atoms with Gasteiger partial charge in [-0.25, -0.2) is 0 Å². The first-order chi connectivity index (χ1) is 10.8. The summed E-state index contributed by atoms with van der Waals surface area (Å²) in [5, 5.41) is 2.91. The van der Waals surface area contributed by atoms with Gasteiger partial charge in [-0.05, 0) is 31.7 Å². The Hall–Kier alpha value is -1.60. The maximum Gasteiger partial charge on any atom is 0.416 e. The fourth-order valence-electron chi connectivity index (χ4n) is 2.74. The Morgan fingerprint density at radius 2 is 1.96 bits per heavy atom.